The highest BCUT2D eigenvalue weighted by Gasteiger charge is 2.27. The van der Waals surface area contributed by atoms with Gasteiger partial charge >= 0.3 is 0 Å². The van der Waals surface area contributed by atoms with E-state index in [2.05, 4.69) is 0 Å². The number of aliphatic hydroxyl groups is 1. The molecule has 1 aromatic rings. The first-order chi connectivity index (χ1) is 8.21. The van der Waals surface area contributed by atoms with Crippen molar-refractivity contribution in [2.24, 2.45) is 0 Å². The van der Waals surface area contributed by atoms with Gasteiger partial charge in [0.05, 0.1) is 11.5 Å². The molecule has 0 saturated heterocycles. The van der Waals surface area contributed by atoms with Crippen molar-refractivity contribution >= 4 is 15.7 Å². The molecule has 0 radical (unpaired) electrons. The Morgan fingerprint density at radius 1 is 1.39 bits per heavy atom. The molecule has 0 aromatic heterocycles. The highest BCUT2D eigenvalue weighted by Crippen LogP contribution is 2.26. The summed E-state index contributed by atoms with van der Waals surface area (Å²) in [7, 11) is -2.18. The van der Waals surface area contributed by atoms with E-state index in [0.717, 1.165) is 9.87 Å². The number of aryl methyl sites for hydroxylation is 1. The number of hydrogen-bond donors (Lipinski definition) is 2. The van der Waals surface area contributed by atoms with Gasteiger partial charge in [-0.15, -0.1) is 0 Å². The van der Waals surface area contributed by atoms with Crippen LogP contribution in [0.5, 0.6) is 0 Å². The number of anilines is 1. The zero-order valence-electron chi connectivity index (χ0n) is 11.1. The average Bonchev–Trinajstić information content (AvgIpc) is 2.31. The van der Waals surface area contributed by atoms with Gasteiger partial charge < -0.3 is 10.8 Å². The zero-order chi connectivity index (χ0) is 14.1. The first kappa shape index (κ1) is 14.9. The van der Waals surface area contributed by atoms with Gasteiger partial charge in [0.25, 0.3) is 0 Å². The number of benzene rings is 1. The van der Waals surface area contributed by atoms with Gasteiger partial charge in [0.1, 0.15) is 0 Å². The number of nitrogens with two attached hydrogens (primary N) is 1. The van der Waals surface area contributed by atoms with Gasteiger partial charge in [-0.2, -0.15) is 4.31 Å². The van der Waals surface area contributed by atoms with E-state index < -0.39 is 16.1 Å². The Kier molecular flexibility index (Phi) is 4.37. The van der Waals surface area contributed by atoms with Crippen LogP contribution < -0.4 is 5.73 Å². The summed E-state index contributed by atoms with van der Waals surface area (Å²) in [6.07, 6.45) is 0. The summed E-state index contributed by atoms with van der Waals surface area (Å²) < 4.78 is 26.0. The SMILES string of the molecule is Cc1cc(N)c(C)c(S(=O)(=O)N(C)C(C)CO)c1. The number of rotatable bonds is 4. The fourth-order valence-electron chi connectivity index (χ4n) is 1.63. The van der Waals surface area contributed by atoms with Crippen LogP contribution in [-0.2, 0) is 10.0 Å². The monoisotopic (exact) mass is 272 g/mol. The lowest BCUT2D eigenvalue weighted by atomic mass is 10.1. The molecule has 6 heteroatoms. The third-order valence-electron chi connectivity index (χ3n) is 3.09. The lowest BCUT2D eigenvalue weighted by Gasteiger charge is -2.24. The predicted molar refractivity (Wildman–Crippen MR) is 71.8 cm³/mol. The summed E-state index contributed by atoms with van der Waals surface area (Å²) in [5.74, 6) is 0. The molecule has 1 atom stereocenters. The number of likely N-dealkylation sites (N-methyl/N-ethyl adjacent to an activating group) is 1. The van der Waals surface area contributed by atoms with Crippen molar-refractivity contribution in [3.05, 3.63) is 23.3 Å². The molecule has 0 spiro atoms. The Hall–Kier alpha value is -1.11. The second-order valence-electron chi connectivity index (χ2n) is 4.53. The van der Waals surface area contributed by atoms with Crippen LogP contribution in [0.15, 0.2) is 17.0 Å². The lowest BCUT2D eigenvalue weighted by Crippen LogP contribution is -2.37. The Bertz CT molecular complexity index is 540. The smallest absolute Gasteiger partial charge is 0.243 e. The minimum absolute atomic E-state index is 0.197. The van der Waals surface area contributed by atoms with E-state index in [1.165, 1.54) is 7.05 Å². The molecule has 1 rings (SSSR count). The molecular weight excluding hydrogens is 252 g/mol. The first-order valence-electron chi connectivity index (χ1n) is 5.67. The van der Waals surface area contributed by atoms with Crippen LogP contribution in [0.25, 0.3) is 0 Å². The van der Waals surface area contributed by atoms with Crippen LogP contribution in [0.4, 0.5) is 5.69 Å². The van der Waals surface area contributed by atoms with E-state index in [4.69, 9.17) is 10.8 Å². The van der Waals surface area contributed by atoms with Gasteiger partial charge in [-0.05, 0) is 44.0 Å². The van der Waals surface area contributed by atoms with Crippen LogP contribution in [-0.4, -0.2) is 37.5 Å². The van der Waals surface area contributed by atoms with E-state index in [1.54, 1.807) is 32.9 Å². The van der Waals surface area contributed by atoms with Gasteiger partial charge in [-0.3, -0.25) is 0 Å². The summed E-state index contributed by atoms with van der Waals surface area (Å²) in [6, 6.07) is 2.86. The minimum atomic E-state index is -3.63. The average molecular weight is 272 g/mol. The Morgan fingerprint density at radius 2 is 1.94 bits per heavy atom. The summed E-state index contributed by atoms with van der Waals surface area (Å²) in [5.41, 5.74) is 7.58. The molecule has 3 N–H and O–H groups in total. The predicted octanol–water partition coefficient (Wildman–Crippen LogP) is 0.887. The number of hydrogen-bond acceptors (Lipinski definition) is 4. The number of sulfonamides is 1. The molecule has 0 saturated carbocycles. The molecule has 1 unspecified atom stereocenters. The molecule has 0 amide bonds. The molecule has 0 aliphatic rings. The molecule has 0 bridgehead atoms. The van der Waals surface area contributed by atoms with E-state index in [-0.39, 0.29) is 11.5 Å². The van der Waals surface area contributed by atoms with Crippen molar-refractivity contribution in [3.63, 3.8) is 0 Å². The van der Waals surface area contributed by atoms with Gasteiger partial charge in [-0.25, -0.2) is 8.42 Å². The highest BCUT2D eigenvalue weighted by atomic mass is 32.2. The van der Waals surface area contributed by atoms with Crippen LogP contribution in [0, 0.1) is 13.8 Å². The van der Waals surface area contributed by atoms with Crippen molar-refractivity contribution in [2.75, 3.05) is 19.4 Å². The Balaban J connectivity index is 3.37. The van der Waals surface area contributed by atoms with Crippen LogP contribution >= 0.6 is 0 Å². The Labute approximate surface area is 108 Å². The minimum Gasteiger partial charge on any atom is -0.398 e. The van der Waals surface area contributed by atoms with Crippen molar-refractivity contribution in [2.45, 2.75) is 31.7 Å². The van der Waals surface area contributed by atoms with Gasteiger partial charge in [0, 0.05) is 18.8 Å². The van der Waals surface area contributed by atoms with Crippen molar-refractivity contribution < 1.29 is 13.5 Å². The summed E-state index contributed by atoms with van der Waals surface area (Å²) >= 11 is 0. The third kappa shape index (κ3) is 2.66. The van der Waals surface area contributed by atoms with E-state index in [0.29, 0.717) is 11.3 Å². The van der Waals surface area contributed by atoms with Crippen molar-refractivity contribution in [1.29, 1.82) is 0 Å². The molecule has 18 heavy (non-hydrogen) atoms. The maximum absolute atomic E-state index is 12.4. The molecule has 1 aromatic carbocycles. The summed E-state index contributed by atoms with van der Waals surface area (Å²) in [4.78, 5) is 0.197. The van der Waals surface area contributed by atoms with E-state index in [9.17, 15) is 8.42 Å². The fraction of sp³-hybridized carbons (Fsp3) is 0.500. The number of aliphatic hydroxyl groups excluding tert-OH is 1. The fourth-order valence-corrected chi connectivity index (χ4v) is 3.32. The number of nitrogen functional groups attached to an aromatic ring is 1. The van der Waals surface area contributed by atoms with Gasteiger partial charge in [0.2, 0.25) is 10.0 Å². The molecule has 0 heterocycles. The van der Waals surface area contributed by atoms with Crippen molar-refractivity contribution in [1.82, 2.24) is 4.31 Å². The largest absolute Gasteiger partial charge is 0.398 e. The quantitative estimate of drug-likeness (QED) is 0.797. The Morgan fingerprint density at radius 3 is 2.44 bits per heavy atom. The maximum Gasteiger partial charge on any atom is 0.243 e. The molecular formula is C12H20N2O3S. The normalized spacial score (nSPS) is 13.9. The molecule has 0 aliphatic heterocycles. The number of nitrogens with zero attached hydrogens (tertiary/aromatic N) is 1. The third-order valence-corrected chi connectivity index (χ3v) is 5.18. The lowest BCUT2D eigenvalue weighted by molar-refractivity contribution is 0.214. The first-order valence-corrected chi connectivity index (χ1v) is 7.11. The van der Waals surface area contributed by atoms with Gasteiger partial charge in [-0.1, -0.05) is 0 Å². The topological polar surface area (TPSA) is 83.6 Å². The van der Waals surface area contributed by atoms with Crippen LogP contribution in [0.1, 0.15) is 18.1 Å². The maximum atomic E-state index is 12.4. The van der Waals surface area contributed by atoms with E-state index in [1.807, 2.05) is 0 Å². The second-order valence-corrected chi connectivity index (χ2v) is 6.50. The van der Waals surface area contributed by atoms with Crippen molar-refractivity contribution in [3.8, 4) is 0 Å². The standard InChI is InChI=1S/C12H20N2O3S/c1-8-5-11(13)10(3)12(6-8)18(16,17)14(4)9(2)7-15/h5-6,9,15H,7,13H2,1-4H3. The summed E-state index contributed by atoms with van der Waals surface area (Å²) in [6.45, 7) is 4.89. The highest BCUT2D eigenvalue weighted by molar-refractivity contribution is 7.89. The van der Waals surface area contributed by atoms with Crippen LogP contribution in [0.2, 0.25) is 0 Å². The zero-order valence-corrected chi connectivity index (χ0v) is 12.0. The molecule has 0 aliphatic carbocycles. The molecule has 102 valence electrons. The molecule has 0 fully saturated rings. The molecule has 5 nitrogen and oxygen atoms in total. The van der Waals surface area contributed by atoms with Crippen LogP contribution in [0.3, 0.4) is 0 Å². The second kappa shape index (κ2) is 5.26. The van der Waals surface area contributed by atoms with Gasteiger partial charge in [0.15, 0.2) is 0 Å². The summed E-state index contributed by atoms with van der Waals surface area (Å²) in [5, 5.41) is 9.06. The van der Waals surface area contributed by atoms with E-state index >= 15 is 0 Å².